The predicted octanol–water partition coefficient (Wildman–Crippen LogP) is 6.10. The molecule has 1 aromatic heterocycles. The van der Waals surface area contributed by atoms with Crippen molar-refractivity contribution < 1.29 is 9.53 Å². The highest BCUT2D eigenvalue weighted by Crippen LogP contribution is 2.23. The second-order valence-electron chi connectivity index (χ2n) is 9.68. The Labute approximate surface area is 224 Å². The van der Waals surface area contributed by atoms with Gasteiger partial charge in [0.15, 0.2) is 0 Å². The van der Waals surface area contributed by atoms with Crippen LogP contribution in [0.5, 0.6) is 5.75 Å². The maximum atomic E-state index is 12.6. The third kappa shape index (κ3) is 8.17. The molecule has 1 saturated heterocycles. The van der Waals surface area contributed by atoms with Gasteiger partial charge in [0.1, 0.15) is 11.9 Å². The van der Waals surface area contributed by atoms with E-state index in [0.717, 1.165) is 48.7 Å². The van der Waals surface area contributed by atoms with E-state index in [1.807, 2.05) is 41.8 Å². The quantitative estimate of drug-likeness (QED) is 0.236. The number of piperidine rings is 1. The summed E-state index contributed by atoms with van der Waals surface area (Å²) in [6, 6.07) is 16.6. The Kier molecular flexibility index (Phi) is 9.74. The minimum atomic E-state index is -0.184. The molecule has 196 valence electrons. The summed E-state index contributed by atoms with van der Waals surface area (Å²) in [5, 5.41) is 13.6. The van der Waals surface area contributed by atoms with Crippen LogP contribution in [0.1, 0.15) is 71.8 Å². The van der Waals surface area contributed by atoms with Crippen molar-refractivity contribution in [3.05, 3.63) is 81.5 Å². The highest BCUT2D eigenvalue weighted by atomic mass is 32.1. The van der Waals surface area contributed by atoms with Crippen LogP contribution in [0.2, 0.25) is 0 Å². The zero-order valence-electron chi connectivity index (χ0n) is 21.7. The maximum Gasteiger partial charge on any atom is 0.251 e. The summed E-state index contributed by atoms with van der Waals surface area (Å²) in [5.74, 6) is 0.636. The van der Waals surface area contributed by atoms with Gasteiger partial charge in [-0.3, -0.25) is 10.2 Å². The first-order chi connectivity index (χ1) is 18.0. The molecule has 6 nitrogen and oxygen atoms in total. The van der Waals surface area contributed by atoms with E-state index in [9.17, 15) is 4.79 Å². The zero-order chi connectivity index (χ0) is 26.0. The van der Waals surface area contributed by atoms with Gasteiger partial charge in [-0.05, 0) is 79.7 Å². The molecule has 1 aliphatic carbocycles. The highest BCUT2D eigenvalue weighted by Gasteiger charge is 2.20. The molecule has 5 rings (SSSR count). The molecule has 0 atom stereocenters. The Hall–Kier alpha value is -3.16. The van der Waals surface area contributed by atoms with Crippen LogP contribution in [0.25, 0.3) is 0 Å². The number of hydrogen-bond acceptors (Lipinski definition) is 6. The summed E-state index contributed by atoms with van der Waals surface area (Å²) in [7, 11) is 0. The van der Waals surface area contributed by atoms with Gasteiger partial charge in [0, 0.05) is 40.3 Å². The first-order valence-electron chi connectivity index (χ1n) is 13.3. The summed E-state index contributed by atoms with van der Waals surface area (Å²) in [6.45, 7) is 6.01. The Morgan fingerprint density at radius 2 is 1.78 bits per heavy atom. The number of nitrogen functional groups attached to an aromatic ring is 1. The van der Waals surface area contributed by atoms with Gasteiger partial charge in [-0.25, -0.2) is 0 Å². The SMILES string of the molecule is C1CC1.CCCN1CCC(Oc2ccc(C(=N)c3cc(C(=O)NCc4cccs4)ccc3N)cc2)CC1. The van der Waals surface area contributed by atoms with Crippen molar-refractivity contribution in [2.75, 3.05) is 25.4 Å². The van der Waals surface area contributed by atoms with Gasteiger partial charge in [0.25, 0.3) is 5.91 Å². The molecule has 7 heteroatoms. The Bertz CT molecular complexity index is 1150. The van der Waals surface area contributed by atoms with Crippen LogP contribution in [0, 0.1) is 5.41 Å². The number of benzene rings is 2. The molecule has 2 aliphatic rings. The second-order valence-corrected chi connectivity index (χ2v) is 10.7. The number of nitrogens with zero attached hydrogens (tertiary/aromatic N) is 1. The normalized spacial score (nSPS) is 15.4. The van der Waals surface area contributed by atoms with Gasteiger partial charge in [-0.15, -0.1) is 11.3 Å². The summed E-state index contributed by atoms with van der Waals surface area (Å²) < 4.78 is 6.18. The van der Waals surface area contributed by atoms with E-state index in [1.165, 1.54) is 25.7 Å². The van der Waals surface area contributed by atoms with Gasteiger partial charge in [0.05, 0.1) is 12.3 Å². The van der Waals surface area contributed by atoms with E-state index in [0.29, 0.717) is 23.4 Å². The van der Waals surface area contributed by atoms with E-state index in [1.54, 1.807) is 29.5 Å². The van der Waals surface area contributed by atoms with Gasteiger partial charge >= 0.3 is 0 Å². The van der Waals surface area contributed by atoms with Crippen molar-refractivity contribution in [3.63, 3.8) is 0 Å². The molecular weight excluding hydrogens is 480 g/mol. The molecule has 2 aromatic carbocycles. The molecule has 0 bridgehead atoms. The van der Waals surface area contributed by atoms with Gasteiger partial charge < -0.3 is 20.7 Å². The third-order valence-electron chi connectivity index (χ3n) is 6.46. The molecule has 0 unspecified atom stereocenters. The van der Waals surface area contributed by atoms with Crippen molar-refractivity contribution in [1.29, 1.82) is 5.41 Å². The standard InChI is InChI=1S/C27H32N4O2S.C3H6/c1-2-13-31-14-11-22(12-15-31)33-21-8-5-19(6-9-21)26(29)24-17-20(7-10-25(24)28)27(32)30-18-23-4-3-16-34-23;1-2-3-1/h3-10,16-17,22,29H,2,11-15,18,28H2,1H3,(H,30,32);1-3H2. The number of thiophene rings is 1. The number of amides is 1. The number of ether oxygens (including phenoxy) is 1. The summed E-state index contributed by atoms with van der Waals surface area (Å²) in [6.07, 6.45) is 8.00. The van der Waals surface area contributed by atoms with Crippen molar-refractivity contribution in [3.8, 4) is 5.75 Å². The number of nitrogens with two attached hydrogens (primary N) is 1. The van der Waals surface area contributed by atoms with E-state index in [-0.39, 0.29) is 17.7 Å². The van der Waals surface area contributed by atoms with Gasteiger partial charge in [-0.1, -0.05) is 32.3 Å². The fourth-order valence-electron chi connectivity index (χ4n) is 4.21. The van der Waals surface area contributed by atoms with Crippen LogP contribution in [0.3, 0.4) is 0 Å². The summed E-state index contributed by atoms with van der Waals surface area (Å²) in [4.78, 5) is 16.2. The monoisotopic (exact) mass is 518 g/mol. The van der Waals surface area contributed by atoms with Crippen LogP contribution in [0.4, 0.5) is 5.69 Å². The number of anilines is 1. The van der Waals surface area contributed by atoms with Crippen molar-refractivity contribution in [2.45, 2.75) is 58.1 Å². The van der Waals surface area contributed by atoms with Crippen molar-refractivity contribution in [2.24, 2.45) is 0 Å². The van der Waals surface area contributed by atoms with Crippen LogP contribution in [0.15, 0.2) is 60.0 Å². The lowest BCUT2D eigenvalue weighted by molar-refractivity contribution is 0.0951. The van der Waals surface area contributed by atoms with Crippen LogP contribution < -0.4 is 15.8 Å². The highest BCUT2D eigenvalue weighted by molar-refractivity contribution is 7.09. The summed E-state index contributed by atoms with van der Waals surface area (Å²) >= 11 is 1.60. The van der Waals surface area contributed by atoms with E-state index >= 15 is 0 Å². The molecule has 4 N–H and O–H groups in total. The van der Waals surface area contributed by atoms with E-state index in [2.05, 4.69) is 17.1 Å². The molecule has 2 heterocycles. The fraction of sp³-hybridized carbons (Fsp3) is 0.400. The number of carbonyl (C=O) groups is 1. The van der Waals surface area contributed by atoms with E-state index in [4.69, 9.17) is 15.9 Å². The zero-order valence-corrected chi connectivity index (χ0v) is 22.5. The molecule has 0 radical (unpaired) electrons. The number of likely N-dealkylation sites (tertiary alicyclic amines) is 1. The van der Waals surface area contributed by atoms with Gasteiger partial charge in [-0.2, -0.15) is 0 Å². The van der Waals surface area contributed by atoms with E-state index < -0.39 is 0 Å². The summed E-state index contributed by atoms with van der Waals surface area (Å²) in [5.41, 5.74) is 8.68. The fourth-order valence-corrected chi connectivity index (χ4v) is 4.86. The lowest BCUT2D eigenvalue weighted by atomic mass is 9.98. The first kappa shape index (κ1) is 26.9. The average Bonchev–Trinajstić information content (AvgIpc) is 3.72. The smallest absolute Gasteiger partial charge is 0.251 e. The lowest BCUT2D eigenvalue weighted by Gasteiger charge is -2.31. The van der Waals surface area contributed by atoms with Crippen LogP contribution in [-0.2, 0) is 6.54 Å². The topological polar surface area (TPSA) is 91.4 Å². The average molecular weight is 519 g/mol. The van der Waals surface area contributed by atoms with Crippen molar-refractivity contribution >= 4 is 28.6 Å². The first-order valence-corrected chi connectivity index (χ1v) is 14.2. The molecular formula is C30H38N4O2S. The number of hydrogen-bond donors (Lipinski definition) is 3. The Morgan fingerprint density at radius 3 is 2.41 bits per heavy atom. The minimum Gasteiger partial charge on any atom is -0.490 e. The van der Waals surface area contributed by atoms with Crippen LogP contribution in [-0.4, -0.2) is 42.3 Å². The third-order valence-corrected chi connectivity index (χ3v) is 7.34. The largest absolute Gasteiger partial charge is 0.490 e. The molecule has 37 heavy (non-hydrogen) atoms. The molecule has 3 aromatic rings. The molecule has 0 spiro atoms. The maximum absolute atomic E-state index is 12.6. The second kappa shape index (κ2) is 13.4. The molecule has 1 aliphatic heterocycles. The Balaban J connectivity index is 0.000000994. The van der Waals surface area contributed by atoms with Crippen molar-refractivity contribution in [1.82, 2.24) is 10.2 Å². The van der Waals surface area contributed by atoms with Gasteiger partial charge in [0.2, 0.25) is 0 Å². The number of nitrogens with one attached hydrogen (secondary N) is 2. The Morgan fingerprint density at radius 1 is 1.08 bits per heavy atom. The predicted molar refractivity (Wildman–Crippen MR) is 153 cm³/mol. The number of carbonyl (C=O) groups excluding carboxylic acids is 1. The molecule has 1 saturated carbocycles. The lowest BCUT2D eigenvalue weighted by Crippen LogP contribution is -2.38. The molecule has 2 fully saturated rings. The minimum absolute atomic E-state index is 0.184. The molecule has 1 amide bonds. The van der Waals surface area contributed by atoms with Crippen LogP contribution >= 0.6 is 11.3 Å². The number of rotatable bonds is 9.